The third-order valence-corrected chi connectivity index (χ3v) is 2.97. The van der Waals surface area contributed by atoms with E-state index in [4.69, 9.17) is 4.74 Å². The van der Waals surface area contributed by atoms with Gasteiger partial charge in [0.1, 0.15) is 5.75 Å². The van der Waals surface area contributed by atoms with Crippen molar-refractivity contribution < 1.29 is 4.74 Å². The van der Waals surface area contributed by atoms with E-state index in [-0.39, 0.29) is 6.10 Å². The van der Waals surface area contributed by atoms with Crippen molar-refractivity contribution in [1.29, 1.82) is 0 Å². The van der Waals surface area contributed by atoms with Crippen LogP contribution >= 0.6 is 0 Å². The molecule has 110 valence electrons. The smallest absolute Gasteiger partial charge is 0.244 e. The molecule has 2 N–H and O–H groups in total. The molecule has 3 rings (SSSR count). The maximum atomic E-state index is 5.61. The van der Waals surface area contributed by atoms with Gasteiger partial charge in [-0.3, -0.25) is 0 Å². The van der Waals surface area contributed by atoms with Crippen molar-refractivity contribution in [3.8, 4) is 5.75 Å². The minimum Gasteiger partial charge on any atom is -0.491 e. The van der Waals surface area contributed by atoms with E-state index in [0.717, 1.165) is 11.4 Å². The van der Waals surface area contributed by atoms with Crippen LogP contribution in [0.2, 0.25) is 0 Å². The van der Waals surface area contributed by atoms with Gasteiger partial charge in [0.05, 0.1) is 12.3 Å². The van der Waals surface area contributed by atoms with Gasteiger partial charge < -0.3 is 15.4 Å². The summed E-state index contributed by atoms with van der Waals surface area (Å²) >= 11 is 0. The zero-order chi connectivity index (χ0) is 14.7. The number of ether oxygens (including phenoxy) is 1. The number of aromatic nitrogens is 3. The number of anilines is 3. The van der Waals surface area contributed by atoms with E-state index in [0.29, 0.717) is 17.8 Å². The summed E-state index contributed by atoms with van der Waals surface area (Å²) in [5, 5.41) is 14.4. The maximum Gasteiger partial charge on any atom is 0.244 e. The average molecular weight is 285 g/mol. The van der Waals surface area contributed by atoms with Gasteiger partial charge in [0.2, 0.25) is 5.95 Å². The maximum absolute atomic E-state index is 5.61. The van der Waals surface area contributed by atoms with Crippen LogP contribution in [0.15, 0.2) is 30.5 Å². The molecule has 1 saturated carbocycles. The van der Waals surface area contributed by atoms with Gasteiger partial charge in [-0.25, -0.2) is 0 Å². The lowest BCUT2D eigenvalue weighted by Crippen LogP contribution is -2.08. The number of nitrogens with zero attached hydrogens (tertiary/aromatic N) is 3. The molecule has 1 heterocycles. The number of hydrogen-bond acceptors (Lipinski definition) is 6. The SMILES string of the molecule is CC(C)Oc1ccc(Nc2cnnc(NC3CC3)n2)cc1. The van der Waals surface area contributed by atoms with Crippen molar-refractivity contribution in [1.82, 2.24) is 15.2 Å². The minimum absolute atomic E-state index is 0.172. The Hall–Kier alpha value is -2.37. The highest BCUT2D eigenvalue weighted by Crippen LogP contribution is 2.23. The van der Waals surface area contributed by atoms with Gasteiger partial charge in [0, 0.05) is 11.7 Å². The van der Waals surface area contributed by atoms with Gasteiger partial charge in [0.25, 0.3) is 0 Å². The van der Waals surface area contributed by atoms with Crippen LogP contribution in [0.5, 0.6) is 5.75 Å². The first-order chi connectivity index (χ1) is 10.2. The molecule has 21 heavy (non-hydrogen) atoms. The summed E-state index contributed by atoms with van der Waals surface area (Å²) in [5.41, 5.74) is 0.934. The number of nitrogens with one attached hydrogen (secondary N) is 2. The zero-order valence-electron chi connectivity index (χ0n) is 12.2. The molecule has 0 atom stereocenters. The highest BCUT2D eigenvalue weighted by Gasteiger charge is 2.22. The van der Waals surface area contributed by atoms with Crippen LogP contribution in [0.3, 0.4) is 0 Å². The monoisotopic (exact) mass is 285 g/mol. The summed E-state index contributed by atoms with van der Waals surface area (Å²) < 4.78 is 5.61. The topological polar surface area (TPSA) is 72.0 Å². The molecule has 1 aromatic heterocycles. The molecule has 0 unspecified atom stereocenters. The molecule has 6 heteroatoms. The summed E-state index contributed by atoms with van der Waals surface area (Å²) in [4.78, 5) is 4.39. The van der Waals surface area contributed by atoms with Crippen molar-refractivity contribution in [2.45, 2.75) is 38.8 Å². The van der Waals surface area contributed by atoms with Crippen LogP contribution in [0.1, 0.15) is 26.7 Å². The first-order valence-corrected chi connectivity index (χ1v) is 7.19. The van der Waals surface area contributed by atoms with Gasteiger partial charge in [-0.2, -0.15) is 10.1 Å². The van der Waals surface area contributed by atoms with Crippen LogP contribution in [0, 0.1) is 0 Å². The van der Waals surface area contributed by atoms with E-state index in [1.54, 1.807) is 6.20 Å². The Morgan fingerprint density at radius 1 is 1.19 bits per heavy atom. The second-order valence-corrected chi connectivity index (χ2v) is 5.40. The average Bonchev–Trinajstić information content (AvgIpc) is 3.25. The first-order valence-electron chi connectivity index (χ1n) is 7.19. The quantitative estimate of drug-likeness (QED) is 0.850. The normalized spacial score (nSPS) is 14.0. The molecular weight excluding hydrogens is 266 g/mol. The third-order valence-electron chi connectivity index (χ3n) is 2.97. The van der Waals surface area contributed by atoms with Crippen LogP contribution in [-0.2, 0) is 0 Å². The number of rotatable bonds is 6. The second-order valence-electron chi connectivity index (χ2n) is 5.40. The lowest BCUT2D eigenvalue weighted by Gasteiger charge is -2.11. The Kier molecular flexibility index (Phi) is 3.85. The molecule has 6 nitrogen and oxygen atoms in total. The van der Waals surface area contributed by atoms with Crippen molar-refractivity contribution in [2.75, 3.05) is 10.6 Å². The van der Waals surface area contributed by atoms with Gasteiger partial charge in [-0.15, -0.1) is 5.10 Å². The summed E-state index contributed by atoms with van der Waals surface area (Å²) in [5.74, 6) is 2.10. The molecule has 2 aromatic rings. The molecule has 0 spiro atoms. The van der Waals surface area contributed by atoms with Crippen LogP contribution < -0.4 is 15.4 Å². The van der Waals surface area contributed by atoms with Crippen molar-refractivity contribution in [3.05, 3.63) is 30.5 Å². The van der Waals surface area contributed by atoms with Crippen molar-refractivity contribution in [2.24, 2.45) is 0 Å². The highest BCUT2D eigenvalue weighted by molar-refractivity contribution is 5.57. The Labute approximate surface area is 124 Å². The van der Waals surface area contributed by atoms with E-state index in [1.165, 1.54) is 12.8 Å². The molecular formula is C15H19N5O. The van der Waals surface area contributed by atoms with Crippen molar-refractivity contribution in [3.63, 3.8) is 0 Å². The molecule has 0 aliphatic heterocycles. The van der Waals surface area contributed by atoms with Crippen LogP contribution in [0.25, 0.3) is 0 Å². The van der Waals surface area contributed by atoms with Crippen molar-refractivity contribution >= 4 is 17.5 Å². The van der Waals surface area contributed by atoms with E-state index >= 15 is 0 Å². The predicted molar refractivity (Wildman–Crippen MR) is 82.0 cm³/mol. The van der Waals surface area contributed by atoms with E-state index < -0.39 is 0 Å². The molecule has 0 bridgehead atoms. The van der Waals surface area contributed by atoms with Gasteiger partial charge in [-0.05, 0) is 51.0 Å². The molecule has 0 saturated heterocycles. The number of benzene rings is 1. The number of hydrogen-bond donors (Lipinski definition) is 2. The molecule has 1 aromatic carbocycles. The van der Waals surface area contributed by atoms with E-state index in [2.05, 4.69) is 25.8 Å². The third kappa shape index (κ3) is 4.05. The Bertz CT molecular complexity index is 595. The van der Waals surface area contributed by atoms with Gasteiger partial charge in [-0.1, -0.05) is 0 Å². The standard InChI is InChI=1S/C15H19N5O/c1-10(2)21-13-7-5-11(6-8-13)17-14-9-16-20-15(19-14)18-12-3-4-12/h5-10,12H,3-4H2,1-2H3,(H2,17,18,19,20). The van der Waals surface area contributed by atoms with Gasteiger partial charge in [0.15, 0.2) is 5.82 Å². The fourth-order valence-corrected chi connectivity index (χ4v) is 1.87. The Balaban J connectivity index is 1.65. The molecule has 0 radical (unpaired) electrons. The molecule has 0 amide bonds. The largest absolute Gasteiger partial charge is 0.491 e. The Morgan fingerprint density at radius 2 is 1.95 bits per heavy atom. The first kappa shape index (κ1) is 13.6. The van der Waals surface area contributed by atoms with Crippen LogP contribution in [-0.4, -0.2) is 27.3 Å². The zero-order valence-corrected chi connectivity index (χ0v) is 12.2. The predicted octanol–water partition coefficient (Wildman–Crippen LogP) is 2.98. The van der Waals surface area contributed by atoms with E-state index in [9.17, 15) is 0 Å². The van der Waals surface area contributed by atoms with Gasteiger partial charge >= 0.3 is 0 Å². The fraction of sp³-hybridized carbons (Fsp3) is 0.400. The lowest BCUT2D eigenvalue weighted by atomic mass is 10.3. The molecule has 1 fully saturated rings. The highest BCUT2D eigenvalue weighted by atomic mass is 16.5. The molecule has 1 aliphatic rings. The van der Waals surface area contributed by atoms with Crippen LogP contribution in [0.4, 0.5) is 17.5 Å². The summed E-state index contributed by atoms with van der Waals surface area (Å²) in [7, 11) is 0. The summed E-state index contributed by atoms with van der Waals surface area (Å²) in [6.45, 7) is 4.01. The summed E-state index contributed by atoms with van der Waals surface area (Å²) in [6.07, 6.45) is 4.14. The molecule has 1 aliphatic carbocycles. The van der Waals surface area contributed by atoms with E-state index in [1.807, 2.05) is 38.1 Å². The lowest BCUT2D eigenvalue weighted by molar-refractivity contribution is 0.242. The Morgan fingerprint density at radius 3 is 2.62 bits per heavy atom. The summed E-state index contributed by atoms with van der Waals surface area (Å²) in [6, 6.07) is 8.27. The second kappa shape index (κ2) is 5.95. The fourth-order valence-electron chi connectivity index (χ4n) is 1.87. The minimum atomic E-state index is 0.172.